The van der Waals surface area contributed by atoms with Crippen molar-refractivity contribution in [2.45, 2.75) is 57.5 Å². The first-order valence-electron chi connectivity index (χ1n) is 8.30. The first kappa shape index (κ1) is 15.1. The van der Waals surface area contributed by atoms with Crippen LogP contribution in [0.25, 0.3) is 0 Å². The van der Waals surface area contributed by atoms with Gasteiger partial charge in [0.25, 0.3) is 5.91 Å². The van der Waals surface area contributed by atoms with Gasteiger partial charge in [0.1, 0.15) is 6.04 Å². The number of amides is 2. The molecule has 2 aliphatic rings. The molecule has 22 heavy (non-hydrogen) atoms. The number of nitrogens with one attached hydrogen (secondary N) is 1. The smallest absolute Gasteiger partial charge is 0.290 e. The molecule has 1 aliphatic heterocycles. The number of hydrogen-bond donors (Lipinski definition) is 1. The molecule has 1 aromatic heterocycles. The molecule has 120 valence electrons. The number of rotatable bonds is 3. The molecule has 1 atom stereocenters. The molecule has 0 spiro atoms. The first-order chi connectivity index (χ1) is 10.6. The van der Waals surface area contributed by atoms with E-state index < -0.39 is 0 Å². The van der Waals surface area contributed by atoms with Crippen LogP contribution in [0.1, 0.15) is 56.0 Å². The van der Waals surface area contributed by atoms with E-state index >= 15 is 0 Å². The van der Waals surface area contributed by atoms with Gasteiger partial charge in [0, 0.05) is 12.6 Å². The molecule has 1 saturated heterocycles. The maximum absolute atomic E-state index is 12.5. The second-order valence-corrected chi connectivity index (χ2v) is 6.60. The Morgan fingerprint density at radius 2 is 2.00 bits per heavy atom. The molecule has 5 heteroatoms. The lowest BCUT2D eigenvalue weighted by molar-refractivity contribution is -0.125. The average molecular weight is 304 g/mol. The van der Waals surface area contributed by atoms with Crippen molar-refractivity contribution in [1.29, 1.82) is 0 Å². The molecule has 1 unspecified atom stereocenters. The van der Waals surface area contributed by atoms with E-state index in [-0.39, 0.29) is 23.9 Å². The van der Waals surface area contributed by atoms with Gasteiger partial charge < -0.3 is 14.6 Å². The van der Waals surface area contributed by atoms with Crippen LogP contribution < -0.4 is 5.32 Å². The van der Waals surface area contributed by atoms with Crippen molar-refractivity contribution < 1.29 is 14.0 Å². The Kier molecular flexibility index (Phi) is 4.50. The Morgan fingerprint density at radius 1 is 1.23 bits per heavy atom. The highest BCUT2D eigenvalue weighted by Crippen LogP contribution is 2.25. The van der Waals surface area contributed by atoms with E-state index in [1.807, 2.05) is 0 Å². The van der Waals surface area contributed by atoms with Crippen LogP contribution in [-0.2, 0) is 4.79 Å². The van der Waals surface area contributed by atoms with Crippen LogP contribution in [0.4, 0.5) is 0 Å². The maximum Gasteiger partial charge on any atom is 0.290 e. The van der Waals surface area contributed by atoms with Crippen molar-refractivity contribution in [1.82, 2.24) is 10.2 Å². The molecule has 3 rings (SSSR count). The van der Waals surface area contributed by atoms with Crippen LogP contribution in [0.2, 0.25) is 0 Å². The normalized spacial score (nSPS) is 28.6. The quantitative estimate of drug-likeness (QED) is 0.933. The van der Waals surface area contributed by atoms with Gasteiger partial charge >= 0.3 is 0 Å². The Hall–Kier alpha value is -1.78. The van der Waals surface area contributed by atoms with Crippen molar-refractivity contribution >= 4 is 11.8 Å². The Morgan fingerprint density at radius 3 is 2.68 bits per heavy atom. The summed E-state index contributed by atoms with van der Waals surface area (Å²) in [4.78, 5) is 26.6. The first-order valence-corrected chi connectivity index (χ1v) is 8.30. The number of carbonyl (C=O) groups is 2. The molecule has 1 aliphatic carbocycles. The van der Waals surface area contributed by atoms with Crippen molar-refractivity contribution in [2.24, 2.45) is 5.92 Å². The summed E-state index contributed by atoms with van der Waals surface area (Å²) in [6.45, 7) is 2.89. The zero-order valence-electron chi connectivity index (χ0n) is 13.1. The highest BCUT2D eigenvalue weighted by molar-refractivity contribution is 5.96. The summed E-state index contributed by atoms with van der Waals surface area (Å²) in [5.74, 6) is 0.889. The van der Waals surface area contributed by atoms with E-state index in [2.05, 4.69) is 12.2 Å². The third-order valence-electron chi connectivity index (χ3n) is 4.91. The zero-order valence-corrected chi connectivity index (χ0v) is 13.1. The summed E-state index contributed by atoms with van der Waals surface area (Å²) in [5, 5.41) is 3.15. The number of likely N-dealkylation sites (tertiary alicyclic amines) is 1. The summed E-state index contributed by atoms with van der Waals surface area (Å²) in [7, 11) is 0. The van der Waals surface area contributed by atoms with E-state index in [0.29, 0.717) is 12.3 Å². The topological polar surface area (TPSA) is 62.6 Å². The van der Waals surface area contributed by atoms with Crippen LogP contribution in [0.3, 0.4) is 0 Å². The Bertz CT molecular complexity index is 518. The fourth-order valence-electron chi connectivity index (χ4n) is 3.53. The molecule has 5 nitrogen and oxygen atoms in total. The SMILES string of the molecule is CC1CCC(NC(=O)C2CCCN2C(=O)c2ccco2)CC1. The van der Waals surface area contributed by atoms with E-state index in [1.54, 1.807) is 17.0 Å². The number of carbonyl (C=O) groups excluding carboxylic acids is 2. The van der Waals surface area contributed by atoms with E-state index in [1.165, 1.54) is 19.1 Å². The molecular weight excluding hydrogens is 280 g/mol. The van der Waals surface area contributed by atoms with Crippen molar-refractivity contribution in [3.8, 4) is 0 Å². The predicted octanol–water partition coefficient (Wildman–Crippen LogP) is 2.58. The van der Waals surface area contributed by atoms with Crippen LogP contribution >= 0.6 is 0 Å². The lowest BCUT2D eigenvalue weighted by Crippen LogP contribution is -2.49. The predicted molar refractivity (Wildman–Crippen MR) is 82.3 cm³/mol. The van der Waals surface area contributed by atoms with Gasteiger partial charge in [-0.1, -0.05) is 6.92 Å². The highest BCUT2D eigenvalue weighted by atomic mass is 16.3. The molecule has 2 fully saturated rings. The van der Waals surface area contributed by atoms with Gasteiger partial charge in [-0.05, 0) is 56.6 Å². The lowest BCUT2D eigenvalue weighted by Gasteiger charge is -2.30. The van der Waals surface area contributed by atoms with E-state index in [0.717, 1.165) is 31.6 Å². The minimum atomic E-state index is -0.350. The standard InChI is InChI=1S/C17H24N2O3/c1-12-6-8-13(9-7-12)18-16(20)14-4-2-10-19(14)17(21)15-5-3-11-22-15/h3,5,11-14H,2,4,6-10H2,1H3,(H,18,20). The van der Waals surface area contributed by atoms with Crippen LogP contribution in [-0.4, -0.2) is 35.3 Å². The third-order valence-corrected chi connectivity index (χ3v) is 4.91. The molecule has 2 amide bonds. The maximum atomic E-state index is 12.5. The van der Waals surface area contributed by atoms with Gasteiger partial charge in [0.05, 0.1) is 6.26 Å². The lowest BCUT2D eigenvalue weighted by atomic mass is 9.87. The highest BCUT2D eigenvalue weighted by Gasteiger charge is 2.36. The Labute approximate surface area is 131 Å². The second kappa shape index (κ2) is 6.55. The minimum absolute atomic E-state index is 0.00282. The van der Waals surface area contributed by atoms with Crippen LogP contribution in [0.5, 0.6) is 0 Å². The van der Waals surface area contributed by atoms with Crippen LogP contribution in [0.15, 0.2) is 22.8 Å². The largest absolute Gasteiger partial charge is 0.459 e. The average Bonchev–Trinajstić information content (AvgIpc) is 3.20. The molecule has 1 N–H and O–H groups in total. The zero-order chi connectivity index (χ0) is 15.5. The molecule has 2 heterocycles. The molecule has 0 aromatic carbocycles. The number of hydrogen-bond acceptors (Lipinski definition) is 3. The van der Waals surface area contributed by atoms with Crippen molar-refractivity contribution in [3.63, 3.8) is 0 Å². The molecule has 0 bridgehead atoms. The van der Waals surface area contributed by atoms with Gasteiger partial charge in [-0.2, -0.15) is 0 Å². The van der Waals surface area contributed by atoms with Crippen molar-refractivity contribution in [3.05, 3.63) is 24.2 Å². The number of nitrogens with zero attached hydrogens (tertiary/aromatic N) is 1. The molecule has 1 aromatic rings. The Balaban J connectivity index is 1.60. The second-order valence-electron chi connectivity index (χ2n) is 6.60. The molecule has 1 saturated carbocycles. The van der Waals surface area contributed by atoms with Gasteiger partial charge in [0.15, 0.2) is 5.76 Å². The summed E-state index contributed by atoms with van der Waals surface area (Å²) in [5.41, 5.74) is 0. The van der Waals surface area contributed by atoms with Gasteiger partial charge in [0.2, 0.25) is 5.91 Å². The van der Waals surface area contributed by atoms with Crippen molar-refractivity contribution in [2.75, 3.05) is 6.54 Å². The third kappa shape index (κ3) is 3.18. The summed E-state index contributed by atoms with van der Waals surface area (Å²) in [6.07, 6.45) is 7.53. The fourth-order valence-corrected chi connectivity index (χ4v) is 3.53. The molecular formula is C17H24N2O3. The van der Waals surface area contributed by atoms with Gasteiger partial charge in [-0.3, -0.25) is 9.59 Å². The summed E-state index contributed by atoms with van der Waals surface area (Å²) in [6, 6.07) is 3.27. The monoisotopic (exact) mass is 304 g/mol. The van der Waals surface area contributed by atoms with Gasteiger partial charge in [-0.25, -0.2) is 0 Å². The molecule has 0 radical (unpaired) electrons. The van der Waals surface area contributed by atoms with E-state index in [4.69, 9.17) is 4.42 Å². The summed E-state index contributed by atoms with van der Waals surface area (Å²) < 4.78 is 5.17. The minimum Gasteiger partial charge on any atom is -0.459 e. The number of furan rings is 1. The van der Waals surface area contributed by atoms with Gasteiger partial charge in [-0.15, -0.1) is 0 Å². The van der Waals surface area contributed by atoms with E-state index in [9.17, 15) is 9.59 Å². The summed E-state index contributed by atoms with van der Waals surface area (Å²) >= 11 is 0. The van der Waals surface area contributed by atoms with Crippen LogP contribution in [0, 0.1) is 5.92 Å². The fraction of sp³-hybridized carbons (Fsp3) is 0.647.